The van der Waals surface area contributed by atoms with Crippen LogP contribution >= 0.6 is 11.6 Å². The van der Waals surface area contributed by atoms with Gasteiger partial charge in [-0.3, -0.25) is 4.40 Å². The van der Waals surface area contributed by atoms with Crippen LogP contribution in [-0.4, -0.2) is 9.38 Å². The van der Waals surface area contributed by atoms with Gasteiger partial charge in [-0.05, 0) is 24.3 Å². The summed E-state index contributed by atoms with van der Waals surface area (Å²) in [6.45, 7) is 0. The standard InChI is InChI=1S/C14H10ClN3/c15-12-10-14(16-11-6-2-1-3-7-11)18-9-5-4-8-13(18)17-12/h1-10H. The lowest BCUT2D eigenvalue weighted by Gasteiger charge is -2.02. The number of fused-ring (bicyclic) bond motifs is 1. The second-order valence-electron chi connectivity index (χ2n) is 3.81. The lowest BCUT2D eigenvalue weighted by atomic mass is 10.3. The second-order valence-corrected chi connectivity index (χ2v) is 4.20. The number of para-hydroxylation sites is 1. The Morgan fingerprint density at radius 3 is 2.61 bits per heavy atom. The van der Waals surface area contributed by atoms with Crippen LogP contribution in [0.25, 0.3) is 5.65 Å². The first-order chi connectivity index (χ1) is 8.83. The van der Waals surface area contributed by atoms with Gasteiger partial charge in [-0.2, -0.15) is 0 Å². The number of aromatic nitrogens is 2. The maximum absolute atomic E-state index is 6.01. The smallest absolute Gasteiger partial charge is 0.142 e. The van der Waals surface area contributed by atoms with Crippen LogP contribution in [0.2, 0.25) is 5.15 Å². The van der Waals surface area contributed by atoms with E-state index in [-0.39, 0.29) is 0 Å². The molecule has 0 bridgehead atoms. The first kappa shape index (κ1) is 11.0. The van der Waals surface area contributed by atoms with Gasteiger partial charge in [0.05, 0.1) is 5.69 Å². The van der Waals surface area contributed by atoms with Crippen LogP contribution in [0.1, 0.15) is 0 Å². The van der Waals surface area contributed by atoms with Crippen molar-refractivity contribution >= 4 is 22.9 Å². The van der Waals surface area contributed by atoms with Gasteiger partial charge in [-0.15, -0.1) is 0 Å². The lowest BCUT2D eigenvalue weighted by molar-refractivity contribution is 1.00. The molecule has 0 aliphatic rings. The maximum atomic E-state index is 6.01. The van der Waals surface area contributed by atoms with Crippen molar-refractivity contribution in [1.29, 1.82) is 0 Å². The number of nitrogens with zero attached hydrogens (tertiary/aromatic N) is 3. The lowest BCUT2D eigenvalue weighted by Crippen LogP contribution is -2.14. The summed E-state index contributed by atoms with van der Waals surface area (Å²) in [7, 11) is 0. The summed E-state index contributed by atoms with van der Waals surface area (Å²) in [6.07, 6.45) is 1.92. The van der Waals surface area contributed by atoms with Crippen molar-refractivity contribution in [2.24, 2.45) is 4.99 Å². The van der Waals surface area contributed by atoms with Crippen LogP contribution in [0.3, 0.4) is 0 Å². The van der Waals surface area contributed by atoms with E-state index in [1.165, 1.54) is 0 Å². The van der Waals surface area contributed by atoms with Crippen molar-refractivity contribution in [2.45, 2.75) is 0 Å². The molecule has 1 aromatic carbocycles. The molecule has 0 atom stereocenters. The summed E-state index contributed by atoms with van der Waals surface area (Å²) in [4.78, 5) is 8.81. The van der Waals surface area contributed by atoms with Gasteiger partial charge >= 0.3 is 0 Å². The molecule has 3 aromatic rings. The van der Waals surface area contributed by atoms with Crippen molar-refractivity contribution in [2.75, 3.05) is 0 Å². The molecule has 3 nitrogen and oxygen atoms in total. The monoisotopic (exact) mass is 255 g/mol. The first-order valence-electron chi connectivity index (χ1n) is 5.57. The van der Waals surface area contributed by atoms with E-state index < -0.39 is 0 Å². The molecule has 0 aliphatic carbocycles. The highest BCUT2D eigenvalue weighted by Crippen LogP contribution is 2.09. The van der Waals surface area contributed by atoms with Gasteiger partial charge in [0.15, 0.2) is 0 Å². The minimum atomic E-state index is 0.441. The molecule has 88 valence electrons. The van der Waals surface area contributed by atoms with Crippen LogP contribution in [0.5, 0.6) is 0 Å². The summed E-state index contributed by atoms with van der Waals surface area (Å²) in [5.74, 6) is 0. The van der Waals surface area contributed by atoms with Crippen molar-refractivity contribution < 1.29 is 0 Å². The molecule has 0 saturated carbocycles. The van der Waals surface area contributed by atoms with Crippen molar-refractivity contribution in [3.63, 3.8) is 0 Å². The number of pyridine rings is 1. The van der Waals surface area contributed by atoms with E-state index >= 15 is 0 Å². The largest absolute Gasteiger partial charge is 0.286 e. The highest BCUT2D eigenvalue weighted by Gasteiger charge is 1.97. The zero-order valence-electron chi connectivity index (χ0n) is 9.49. The molecule has 2 heterocycles. The summed E-state index contributed by atoms with van der Waals surface area (Å²) < 4.78 is 1.90. The average molecular weight is 256 g/mol. The summed E-state index contributed by atoms with van der Waals surface area (Å²) >= 11 is 6.01. The van der Waals surface area contributed by atoms with Crippen LogP contribution in [0, 0.1) is 0 Å². The van der Waals surface area contributed by atoms with Gasteiger partial charge in [-0.1, -0.05) is 35.9 Å². The van der Waals surface area contributed by atoms with Crippen molar-refractivity contribution in [3.05, 3.63) is 71.4 Å². The van der Waals surface area contributed by atoms with Crippen LogP contribution in [0.15, 0.2) is 65.8 Å². The SMILES string of the molecule is Clc1cc(=Nc2ccccc2)n2ccccc2n1. The predicted molar refractivity (Wildman–Crippen MR) is 71.9 cm³/mol. The van der Waals surface area contributed by atoms with E-state index in [4.69, 9.17) is 11.6 Å². The number of halogens is 1. The van der Waals surface area contributed by atoms with Crippen LogP contribution < -0.4 is 5.49 Å². The summed E-state index contributed by atoms with van der Waals surface area (Å²) in [5.41, 5.74) is 2.42. The third-order valence-corrected chi connectivity index (χ3v) is 2.75. The number of benzene rings is 1. The quantitative estimate of drug-likeness (QED) is 0.614. The Balaban J connectivity index is 2.32. The van der Waals surface area contributed by atoms with Gasteiger partial charge in [0.1, 0.15) is 16.3 Å². The molecule has 0 N–H and O–H groups in total. The molecule has 0 radical (unpaired) electrons. The Kier molecular flexibility index (Phi) is 2.82. The Morgan fingerprint density at radius 1 is 1.00 bits per heavy atom. The Morgan fingerprint density at radius 2 is 1.78 bits per heavy atom. The highest BCUT2D eigenvalue weighted by atomic mass is 35.5. The van der Waals surface area contributed by atoms with E-state index in [0.29, 0.717) is 5.15 Å². The van der Waals surface area contributed by atoms with Crippen LogP contribution in [-0.2, 0) is 0 Å². The Bertz CT molecular complexity index is 748. The minimum absolute atomic E-state index is 0.441. The van der Waals surface area contributed by atoms with E-state index in [9.17, 15) is 0 Å². The van der Waals surface area contributed by atoms with Crippen molar-refractivity contribution in [1.82, 2.24) is 9.38 Å². The third-order valence-electron chi connectivity index (χ3n) is 2.55. The molecule has 0 amide bonds. The molecular formula is C14H10ClN3. The normalized spacial score (nSPS) is 11.9. The molecule has 0 spiro atoms. The minimum Gasteiger partial charge on any atom is -0.286 e. The second kappa shape index (κ2) is 4.63. The van der Waals surface area contributed by atoms with Crippen LogP contribution in [0.4, 0.5) is 5.69 Å². The zero-order chi connectivity index (χ0) is 12.4. The fourth-order valence-electron chi connectivity index (χ4n) is 1.76. The summed E-state index contributed by atoms with van der Waals surface area (Å²) in [6, 6.07) is 17.3. The third kappa shape index (κ3) is 2.13. The molecule has 4 heteroatoms. The first-order valence-corrected chi connectivity index (χ1v) is 5.94. The highest BCUT2D eigenvalue weighted by molar-refractivity contribution is 6.29. The van der Waals surface area contributed by atoms with Gasteiger partial charge in [0, 0.05) is 12.3 Å². The molecule has 0 aliphatic heterocycles. The van der Waals surface area contributed by atoms with E-state index in [2.05, 4.69) is 9.98 Å². The molecule has 3 rings (SSSR count). The fraction of sp³-hybridized carbons (Fsp3) is 0. The van der Waals surface area contributed by atoms with E-state index in [1.54, 1.807) is 6.07 Å². The van der Waals surface area contributed by atoms with Gasteiger partial charge in [-0.25, -0.2) is 9.98 Å². The predicted octanol–water partition coefficient (Wildman–Crippen LogP) is 3.22. The molecule has 0 saturated heterocycles. The number of hydrogen-bond acceptors (Lipinski definition) is 2. The zero-order valence-corrected chi connectivity index (χ0v) is 10.2. The van der Waals surface area contributed by atoms with Gasteiger partial charge in [0.2, 0.25) is 0 Å². The Labute approximate surface area is 109 Å². The number of rotatable bonds is 1. The Hall–Kier alpha value is -2.13. The number of hydrogen-bond donors (Lipinski definition) is 0. The van der Waals surface area contributed by atoms with E-state index in [1.807, 2.05) is 59.1 Å². The maximum Gasteiger partial charge on any atom is 0.142 e. The van der Waals surface area contributed by atoms with Gasteiger partial charge in [0.25, 0.3) is 0 Å². The van der Waals surface area contributed by atoms with E-state index in [0.717, 1.165) is 16.8 Å². The topological polar surface area (TPSA) is 29.7 Å². The molecular weight excluding hydrogens is 246 g/mol. The van der Waals surface area contributed by atoms with Crippen molar-refractivity contribution in [3.8, 4) is 0 Å². The molecule has 2 aromatic heterocycles. The summed E-state index contributed by atoms with van der Waals surface area (Å²) in [5, 5.41) is 0.441. The van der Waals surface area contributed by atoms with Gasteiger partial charge < -0.3 is 0 Å². The fourth-order valence-corrected chi connectivity index (χ4v) is 1.94. The molecule has 0 unspecified atom stereocenters. The molecule has 18 heavy (non-hydrogen) atoms. The average Bonchev–Trinajstić information content (AvgIpc) is 2.40. The molecule has 0 fully saturated rings.